The van der Waals surface area contributed by atoms with Gasteiger partial charge in [0.25, 0.3) is 0 Å². The lowest BCUT2D eigenvalue weighted by Crippen LogP contribution is -2.38. The van der Waals surface area contributed by atoms with E-state index >= 15 is 0 Å². The van der Waals surface area contributed by atoms with Crippen molar-refractivity contribution in [3.63, 3.8) is 0 Å². The standard InChI is InChI=1S/C5H11N3/c1-3-5(6)4(2)8-7-3/h3,5,7H,6H2,1-2H3. The minimum absolute atomic E-state index is 0.120. The normalized spacial score (nSPS) is 36.6. The summed E-state index contributed by atoms with van der Waals surface area (Å²) in [7, 11) is 0. The van der Waals surface area contributed by atoms with E-state index < -0.39 is 0 Å². The summed E-state index contributed by atoms with van der Waals surface area (Å²) in [5.41, 5.74) is 9.51. The maximum absolute atomic E-state index is 5.63. The Kier molecular flexibility index (Phi) is 1.21. The summed E-state index contributed by atoms with van der Waals surface area (Å²) in [5, 5.41) is 3.94. The zero-order chi connectivity index (χ0) is 6.15. The van der Waals surface area contributed by atoms with Gasteiger partial charge in [-0.25, -0.2) is 0 Å². The average molecular weight is 113 g/mol. The van der Waals surface area contributed by atoms with Crippen molar-refractivity contribution in [2.45, 2.75) is 25.9 Å². The lowest BCUT2D eigenvalue weighted by molar-refractivity contribution is 0.584. The highest BCUT2D eigenvalue weighted by molar-refractivity contribution is 5.88. The molecule has 0 spiro atoms. The zero-order valence-corrected chi connectivity index (χ0v) is 5.18. The van der Waals surface area contributed by atoms with Crippen molar-refractivity contribution in [1.82, 2.24) is 5.43 Å². The molecule has 2 unspecified atom stereocenters. The van der Waals surface area contributed by atoms with Crippen LogP contribution in [-0.4, -0.2) is 17.8 Å². The molecule has 0 aromatic carbocycles. The molecule has 1 heterocycles. The summed E-state index contributed by atoms with van der Waals surface area (Å²) in [6.07, 6.45) is 0. The van der Waals surface area contributed by atoms with Gasteiger partial charge in [-0.15, -0.1) is 0 Å². The van der Waals surface area contributed by atoms with Crippen molar-refractivity contribution in [2.24, 2.45) is 10.8 Å². The Hall–Kier alpha value is -0.570. The van der Waals surface area contributed by atoms with Crippen LogP contribution in [-0.2, 0) is 0 Å². The first-order valence-electron chi connectivity index (χ1n) is 2.77. The molecule has 0 aromatic heterocycles. The zero-order valence-electron chi connectivity index (χ0n) is 5.18. The first kappa shape index (κ1) is 5.56. The summed E-state index contributed by atoms with van der Waals surface area (Å²) in [5.74, 6) is 0. The number of nitrogens with two attached hydrogens (primary N) is 1. The van der Waals surface area contributed by atoms with E-state index in [0.29, 0.717) is 6.04 Å². The summed E-state index contributed by atoms with van der Waals surface area (Å²) < 4.78 is 0. The van der Waals surface area contributed by atoms with Crippen molar-refractivity contribution in [1.29, 1.82) is 0 Å². The van der Waals surface area contributed by atoms with Crippen LogP contribution in [0.2, 0.25) is 0 Å². The molecule has 0 bridgehead atoms. The van der Waals surface area contributed by atoms with Crippen molar-refractivity contribution in [2.75, 3.05) is 0 Å². The van der Waals surface area contributed by atoms with Crippen LogP contribution >= 0.6 is 0 Å². The summed E-state index contributed by atoms with van der Waals surface area (Å²) >= 11 is 0. The molecule has 46 valence electrons. The highest BCUT2D eigenvalue weighted by atomic mass is 15.3. The number of rotatable bonds is 0. The van der Waals surface area contributed by atoms with E-state index in [0.717, 1.165) is 5.71 Å². The van der Waals surface area contributed by atoms with E-state index in [-0.39, 0.29) is 6.04 Å². The van der Waals surface area contributed by atoms with Crippen molar-refractivity contribution < 1.29 is 0 Å². The summed E-state index contributed by atoms with van der Waals surface area (Å²) in [4.78, 5) is 0. The lowest BCUT2D eigenvalue weighted by Gasteiger charge is -2.07. The lowest BCUT2D eigenvalue weighted by atomic mass is 10.1. The molecule has 0 aliphatic carbocycles. The predicted octanol–water partition coefficient (Wildman–Crippen LogP) is -0.319. The number of nitrogens with one attached hydrogen (secondary N) is 1. The van der Waals surface area contributed by atoms with E-state index in [1.807, 2.05) is 13.8 Å². The third-order valence-corrected chi connectivity index (χ3v) is 1.47. The highest BCUT2D eigenvalue weighted by Gasteiger charge is 2.19. The van der Waals surface area contributed by atoms with E-state index in [1.165, 1.54) is 0 Å². The van der Waals surface area contributed by atoms with Gasteiger partial charge in [-0.3, -0.25) is 0 Å². The third kappa shape index (κ3) is 0.690. The second kappa shape index (κ2) is 1.74. The van der Waals surface area contributed by atoms with Crippen LogP contribution in [0, 0.1) is 0 Å². The predicted molar refractivity (Wildman–Crippen MR) is 33.7 cm³/mol. The fraction of sp³-hybridized carbons (Fsp3) is 0.800. The molecule has 2 atom stereocenters. The molecule has 0 fully saturated rings. The Morgan fingerprint density at radius 1 is 1.75 bits per heavy atom. The Bertz CT molecular complexity index is 119. The van der Waals surface area contributed by atoms with Gasteiger partial charge in [0.05, 0.1) is 17.8 Å². The van der Waals surface area contributed by atoms with E-state index in [4.69, 9.17) is 5.73 Å². The Morgan fingerprint density at radius 3 is 2.50 bits per heavy atom. The topological polar surface area (TPSA) is 50.4 Å². The van der Waals surface area contributed by atoms with Gasteiger partial charge in [0.15, 0.2) is 0 Å². The molecule has 0 saturated carbocycles. The SMILES string of the molecule is CC1=NNC(C)C1N. The molecule has 0 radical (unpaired) electrons. The minimum atomic E-state index is 0.120. The molecule has 1 aliphatic rings. The largest absolute Gasteiger partial charge is 0.321 e. The van der Waals surface area contributed by atoms with Crippen LogP contribution in [0.25, 0.3) is 0 Å². The molecule has 3 N–H and O–H groups in total. The monoisotopic (exact) mass is 113 g/mol. The van der Waals surface area contributed by atoms with Crippen LogP contribution in [0.4, 0.5) is 0 Å². The fourth-order valence-electron chi connectivity index (χ4n) is 0.720. The number of hydrogen-bond acceptors (Lipinski definition) is 3. The third-order valence-electron chi connectivity index (χ3n) is 1.47. The second-order valence-corrected chi connectivity index (χ2v) is 2.20. The average Bonchev–Trinajstić information content (AvgIpc) is 1.98. The molecular formula is C5H11N3. The van der Waals surface area contributed by atoms with Crippen molar-refractivity contribution in [3.8, 4) is 0 Å². The molecule has 1 aliphatic heterocycles. The number of hydrogen-bond donors (Lipinski definition) is 2. The molecule has 1 rings (SSSR count). The number of nitrogens with zero attached hydrogens (tertiary/aromatic N) is 1. The summed E-state index contributed by atoms with van der Waals surface area (Å²) in [6, 6.07) is 0.435. The van der Waals surface area contributed by atoms with Gasteiger partial charge in [-0.05, 0) is 13.8 Å². The molecule has 3 heteroatoms. The first-order chi connectivity index (χ1) is 3.72. The molecule has 8 heavy (non-hydrogen) atoms. The first-order valence-corrected chi connectivity index (χ1v) is 2.77. The van der Waals surface area contributed by atoms with Crippen LogP contribution in [0.5, 0.6) is 0 Å². The van der Waals surface area contributed by atoms with Gasteiger partial charge in [0.2, 0.25) is 0 Å². The Morgan fingerprint density at radius 2 is 2.38 bits per heavy atom. The van der Waals surface area contributed by atoms with E-state index in [9.17, 15) is 0 Å². The maximum atomic E-state index is 5.63. The fourth-order valence-corrected chi connectivity index (χ4v) is 0.720. The summed E-state index contributed by atoms with van der Waals surface area (Å²) in [6.45, 7) is 3.95. The van der Waals surface area contributed by atoms with Gasteiger partial charge in [-0.2, -0.15) is 5.10 Å². The quantitative estimate of drug-likeness (QED) is 0.452. The van der Waals surface area contributed by atoms with E-state index in [1.54, 1.807) is 0 Å². The molecule has 0 aromatic rings. The van der Waals surface area contributed by atoms with Crippen LogP contribution in [0.15, 0.2) is 5.10 Å². The second-order valence-electron chi connectivity index (χ2n) is 2.20. The maximum Gasteiger partial charge on any atom is 0.0663 e. The van der Waals surface area contributed by atoms with Crippen LogP contribution < -0.4 is 11.2 Å². The van der Waals surface area contributed by atoms with E-state index in [2.05, 4.69) is 10.5 Å². The molecule has 0 saturated heterocycles. The molecule has 0 amide bonds. The van der Waals surface area contributed by atoms with Gasteiger partial charge < -0.3 is 11.2 Å². The Labute approximate surface area is 48.9 Å². The van der Waals surface area contributed by atoms with Gasteiger partial charge in [-0.1, -0.05) is 0 Å². The molecular weight excluding hydrogens is 102 g/mol. The minimum Gasteiger partial charge on any atom is -0.321 e. The smallest absolute Gasteiger partial charge is 0.0663 e. The van der Waals surface area contributed by atoms with Gasteiger partial charge in [0, 0.05) is 0 Å². The molecule has 3 nitrogen and oxygen atoms in total. The van der Waals surface area contributed by atoms with Gasteiger partial charge in [0.1, 0.15) is 0 Å². The van der Waals surface area contributed by atoms with Crippen molar-refractivity contribution in [3.05, 3.63) is 0 Å². The van der Waals surface area contributed by atoms with Gasteiger partial charge >= 0.3 is 0 Å². The highest BCUT2D eigenvalue weighted by Crippen LogP contribution is 1.99. The van der Waals surface area contributed by atoms with Crippen LogP contribution in [0.3, 0.4) is 0 Å². The van der Waals surface area contributed by atoms with Crippen molar-refractivity contribution >= 4 is 5.71 Å². The van der Waals surface area contributed by atoms with Crippen LogP contribution in [0.1, 0.15) is 13.8 Å². The number of hydrazone groups is 1. The Balaban J connectivity index is 2.59.